The van der Waals surface area contributed by atoms with Gasteiger partial charge in [0.25, 0.3) is 0 Å². The summed E-state index contributed by atoms with van der Waals surface area (Å²) in [4.78, 5) is 0. The molecule has 0 aromatic heterocycles. The Kier molecular flexibility index (Phi) is 8.62. The zero-order valence-corrected chi connectivity index (χ0v) is 13.1. The average molecular weight is 259 g/mol. The summed E-state index contributed by atoms with van der Waals surface area (Å²) in [5.74, 6) is 1.50. The first-order valence-electron chi connectivity index (χ1n) is 8.26. The van der Waals surface area contributed by atoms with Crippen molar-refractivity contribution in [3.05, 3.63) is 35.9 Å². The fraction of sp³-hybridized carbons (Fsp3) is 0.684. The van der Waals surface area contributed by atoms with E-state index in [0.29, 0.717) is 5.92 Å². The van der Waals surface area contributed by atoms with E-state index in [0.717, 1.165) is 5.92 Å². The van der Waals surface area contributed by atoms with Crippen molar-refractivity contribution in [2.75, 3.05) is 0 Å². The van der Waals surface area contributed by atoms with Crippen molar-refractivity contribution in [2.24, 2.45) is 5.92 Å². The maximum Gasteiger partial charge on any atom is -0.0130 e. The van der Waals surface area contributed by atoms with Crippen LogP contribution in [0.25, 0.3) is 0 Å². The molecule has 107 valence electrons. The van der Waals surface area contributed by atoms with Gasteiger partial charge in [0, 0.05) is 0 Å². The highest BCUT2D eigenvalue weighted by atomic mass is 14.2. The van der Waals surface area contributed by atoms with Crippen LogP contribution in [0.4, 0.5) is 0 Å². The molecule has 0 spiro atoms. The summed E-state index contributed by atoms with van der Waals surface area (Å²) >= 11 is 0. The van der Waals surface area contributed by atoms with Crippen molar-refractivity contribution < 1.29 is 0 Å². The maximum atomic E-state index is 3.47. The molecule has 0 fully saturated rings. The van der Waals surface area contributed by atoms with Gasteiger partial charge in [-0.1, -0.05) is 90.0 Å². The first-order valence-corrected chi connectivity index (χ1v) is 8.26. The van der Waals surface area contributed by atoms with Gasteiger partial charge in [-0.2, -0.15) is 0 Å². The predicted molar refractivity (Wildman–Crippen MR) is 85.5 cm³/mol. The Morgan fingerprint density at radius 2 is 1.74 bits per heavy atom. The van der Waals surface area contributed by atoms with E-state index >= 15 is 0 Å². The Balaban J connectivity index is 2.57. The summed E-state index contributed by atoms with van der Waals surface area (Å²) in [7, 11) is 0. The van der Waals surface area contributed by atoms with E-state index in [2.05, 4.69) is 51.1 Å². The summed E-state index contributed by atoms with van der Waals surface area (Å²) in [5, 5.41) is 0. The Hall–Kier alpha value is -0.780. The van der Waals surface area contributed by atoms with E-state index in [1.54, 1.807) is 0 Å². The van der Waals surface area contributed by atoms with Gasteiger partial charge in [-0.15, -0.1) is 0 Å². The van der Waals surface area contributed by atoms with Crippen LogP contribution in [0.2, 0.25) is 0 Å². The molecule has 0 aliphatic carbocycles. The van der Waals surface area contributed by atoms with E-state index in [4.69, 9.17) is 0 Å². The molecule has 2 atom stereocenters. The van der Waals surface area contributed by atoms with Crippen LogP contribution in [0, 0.1) is 12.0 Å². The van der Waals surface area contributed by atoms with Crippen molar-refractivity contribution in [2.45, 2.75) is 78.1 Å². The highest BCUT2D eigenvalue weighted by Crippen LogP contribution is 2.32. The van der Waals surface area contributed by atoms with Crippen LogP contribution in [0.5, 0.6) is 0 Å². The number of hydrogen-bond acceptors (Lipinski definition) is 0. The van der Waals surface area contributed by atoms with E-state index < -0.39 is 0 Å². The molecule has 0 heterocycles. The standard InChI is InChI=1S/C19H31/c1-4-6-8-12-16-19(17(3)13-7-5-2)18-14-10-9-11-15-18/h9-11,14,17,19H,4-8,12-13,16H2,1-3H3. The molecule has 0 aliphatic heterocycles. The zero-order valence-electron chi connectivity index (χ0n) is 13.1. The lowest BCUT2D eigenvalue weighted by Crippen LogP contribution is -2.10. The molecule has 2 unspecified atom stereocenters. The van der Waals surface area contributed by atoms with Crippen LogP contribution in [0.1, 0.15) is 83.6 Å². The van der Waals surface area contributed by atoms with Crippen molar-refractivity contribution >= 4 is 0 Å². The number of benzene rings is 1. The molecule has 19 heavy (non-hydrogen) atoms. The molecule has 1 aromatic carbocycles. The average Bonchev–Trinajstić information content (AvgIpc) is 2.46. The highest BCUT2D eigenvalue weighted by Gasteiger charge is 2.18. The SMILES string of the molecule is CCCCCCC(c1[c]cccc1)C(C)CCCC. The Labute approximate surface area is 120 Å². The van der Waals surface area contributed by atoms with Crippen molar-refractivity contribution in [3.8, 4) is 0 Å². The Morgan fingerprint density at radius 3 is 2.37 bits per heavy atom. The van der Waals surface area contributed by atoms with Gasteiger partial charge < -0.3 is 0 Å². The van der Waals surface area contributed by atoms with Gasteiger partial charge in [-0.25, -0.2) is 0 Å². The van der Waals surface area contributed by atoms with Gasteiger partial charge in [0.15, 0.2) is 0 Å². The summed E-state index contributed by atoms with van der Waals surface area (Å²) in [5.41, 5.74) is 1.43. The van der Waals surface area contributed by atoms with E-state index in [1.165, 1.54) is 56.9 Å². The first kappa shape index (κ1) is 16.3. The van der Waals surface area contributed by atoms with Gasteiger partial charge in [0.1, 0.15) is 0 Å². The number of rotatable bonds is 10. The van der Waals surface area contributed by atoms with Crippen LogP contribution in [-0.2, 0) is 0 Å². The fourth-order valence-corrected chi connectivity index (χ4v) is 2.90. The molecule has 0 amide bonds. The molecular formula is C19H31. The van der Waals surface area contributed by atoms with Gasteiger partial charge >= 0.3 is 0 Å². The van der Waals surface area contributed by atoms with Gasteiger partial charge in [-0.3, -0.25) is 0 Å². The molecule has 1 aromatic rings. The molecule has 1 radical (unpaired) electrons. The predicted octanol–water partition coefficient (Wildman–Crippen LogP) is 6.37. The first-order chi connectivity index (χ1) is 9.29. The van der Waals surface area contributed by atoms with Crippen LogP contribution < -0.4 is 0 Å². The van der Waals surface area contributed by atoms with Crippen LogP contribution in [0.3, 0.4) is 0 Å². The lowest BCUT2D eigenvalue weighted by Gasteiger charge is -2.24. The summed E-state index contributed by atoms with van der Waals surface area (Å²) in [6.45, 7) is 7.00. The minimum Gasteiger partial charge on any atom is -0.0654 e. The second kappa shape index (κ2) is 10.1. The third-order valence-electron chi connectivity index (χ3n) is 4.20. The van der Waals surface area contributed by atoms with Crippen molar-refractivity contribution in [1.29, 1.82) is 0 Å². The summed E-state index contributed by atoms with van der Waals surface area (Å²) < 4.78 is 0. The van der Waals surface area contributed by atoms with Crippen LogP contribution >= 0.6 is 0 Å². The number of unbranched alkanes of at least 4 members (excludes halogenated alkanes) is 4. The lowest BCUT2D eigenvalue weighted by molar-refractivity contribution is 0.383. The quantitative estimate of drug-likeness (QED) is 0.428. The summed E-state index contributed by atoms with van der Waals surface area (Å²) in [6, 6.07) is 12.0. The van der Waals surface area contributed by atoms with E-state index in [-0.39, 0.29) is 0 Å². The monoisotopic (exact) mass is 259 g/mol. The topological polar surface area (TPSA) is 0 Å². The molecule has 0 bridgehead atoms. The minimum absolute atomic E-state index is 0.713. The third-order valence-corrected chi connectivity index (χ3v) is 4.20. The fourth-order valence-electron chi connectivity index (χ4n) is 2.90. The Bertz CT molecular complexity index is 301. The van der Waals surface area contributed by atoms with Crippen molar-refractivity contribution in [1.82, 2.24) is 0 Å². The lowest BCUT2D eigenvalue weighted by atomic mass is 9.81. The molecule has 0 nitrogen and oxygen atoms in total. The van der Waals surface area contributed by atoms with Crippen LogP contribution in [-0.4, -0.2) is 0 Å². The molecule has 0 aliphatic rings. The molecule has 1 rings (SSSR count). The molecular weight excluding hydrogens is 228 g/mol. The minimum atomic E-state index is 0.713. The highest BCUT2D eigenvalue weighted by molar-refractivity contribution is 5.18. The molecule has 0 saturated carbocycles. The van der Waals surface area contributed by atoms with E-state index in [9.17, 15) is 0 Å². The molecule has 0 N–H and O–H groups in total. The second-order valence-corrected chi connectivity index (χ2v) is 5.89. The largest absolute Gasteiger partial charge is 0.0654 e. The summed E-state index contributed by atoms with van der Waals surface area (Å²) in [6.07, 6.45) is 10.8. The van der Waals surface area contributed by atoms with Gasteiger partial charge in [0.2, 0.25) is 0 Å². The second-order valence-electron chi connectivity index (χ2n) is 5.89. The zero-order chi connectivity index (χ0) is 13.9. The van der Waals surface area contributed by atoms with Gasteiger partial charge in [0.05, 0.1) is 0 Å². The normalized spacial score (nSPS) is 14.3. The smallest absolute Gasteiger partial charge is 0.0130 e. The van der Waals surface area contributed by atoms with Gasteiger partial charge in [-0.05, 0) is 29.9 Å². The van der Waals surface area contributed by atoms with Crippen LogP contribution in [0.15, 0.2) is 24.3 Å². The maximum absolute atomic E-state index is 3.47. The Morgan fingerprint density at radius 1 is 0.947 bits per heavy atom. The molecule has 0 heteroatoms. The number of hydrogen-bond donors (Lipinski definition) is 0. The van der Waals surface area contributed by atoms with Crippen molar-refractivity contribution in [3.63, 3.8) is 0 Å². The third kappa shape index (κ3) is 6.27. The van der Waals surface area contributed by atoms with E-state index in [1.807, 2.05) is 0 Å². The molecule has 0 saturated heterocycles.